The summed E-state index contributed by atoms with van der Waals surface area (Å²) < 4.78 is 5.57. The largest absolute Gasteiger partial charge is 0.483 e. The lowest BCUT2D eigenvalue weighted by molar-refractivity contribution is -0.118. The van der Waals surface area contributed by atoms with Gasteiger partial charge in [0.25, 0.3) is 5.91 Å². The van der Waals surface area contributed by atoms with Crippen molar-refractivity contribution in [3.8, 4) is 5.75 Å². The summed E-state index contributed by atoms with van der Waals surface area (Å²) in [7, 11) is 0. The number of benzene rings is 3. The second-order valence-electron chi connectivity index (χ2n) is 5.27. The monoisotopic (exact) mass is 325 g/mol. The molecule has 0 fully saturated rings. The Hall–Kier alpha value is -2.52. The van der Waals surface area contributed by atoms with Crippen LogP contribution in [-0.4, -0.2) is 12.5 Å². The summed E-state index contributed by atoms with van der Waals surface area (Å²) in [6.07, 6.45) is 0. The van der Waals surface area contributed by atoms with Gasteiger partial charge in [0, 0.05) is 16.1 Å². The number of halogens is 1. The number of aryl methyl sites for hydroxylation is 1. The van der Waals surface area contributed by atoms with Crippen molar-refractivity contribution in [2.45, 2.75) is 6.92 Å². The molecule has 0 aliphatic carbocycles. The van der Waals surface area contributed by atoms with E-state index in [9.17, 15) is 4.79 Å². The minimum atomic E-state index is -0.198. The molecule has 0 radical (unpaired) electrons. The molecule has 0 saturated heterocycles. The van der Waals surface area contributed by atoms with E-state index >= 15 is 0 Å². The first kappa shape index (κ1) is 15.4. The van der Waals surface area contributed by atoms with Crippen LogP contribution in [0.3, 0.4) is 0 Å². The molecule has 1 N–H and O–H groups in total. The number of amides is 1. The minimum Gasteiger partial charge on any atom is -0.483 e. The number of hydrogen-bond donors (Lipinski definition) is 1. The molecule has 0 spiro atoms. The Balaban J connectivity index is 1.69. The molecule has 3 rings (SSSR count). The highest BCUT2D eigenvalue weighted by Gasteiger charge is 2.08. The average Bonchev–Trinajstić information content (AvgIpc) is 2.54. The topological polar surface area (TPSA) is 38.3 Å². The molecule has 23 heavy (non-hydrogen) atoms. The van der Waals surface area contributed by atoms with E-state index in [1.165, 1.54) is 0 Å². The summed E-state index contributed by atoms with van der Waals surface area (Å²) in [5.74, 6) is 0.457. The van der Waals surface area contributed by atoms with Gasteiger partial charge in [-0.2, -0.15) is 0 Å². The zero-order valence-electron chi connectivity index (χ0n) is 12.7. The van der Waals surface area contributed by atoms with E-state index in [4.69, 9.17) is 16.3 Å². The quantitative estimate of drug-likeness (QED) is 0.747. The molecule has 0 bridgehead atoms. The van der Waals surface area contributed by atoms with Gasteiger partial charge in [0.05, 0.1) is 0 Å². The highest BCUT2D eigenvalue weighted by molar-refractivity contribution is 6.30. The lowest BCUT2D eigenvalue weighted by Crippen LogP contribution is -2.20. The lowest BCUT2D eigenvalue weighted by Gasteiger charge is -2.11. The first-order valence-corrected chi connectivity index (χ1v) is 7.68. The standard InChI is InChI=1S/C19H16ClNO2/c1-13-11-15(20)9-10-18(13)23-12-19(22)21-17-8-4-6-14-5-2-3-7-16(14)17/h2-11H,12H2,1H3,(H,21,22). The molecule has 3 aromatic carbocycles. The van der Waals surface area contributed by atoms with E-state index in [0.717, 1.165) is 22.0 Å². The normalized spacial score (nSPS) is 10.5. The maximum atomic E-state index is 12.1. The molecular weight excluding hydrogens is 310 g/mol. The van der Waals surface area contributed by atoms with Crippen LogP contribution in [-0.2, 0) is 4.79 Å². The van der Waals surface area contributed by atoms with Gasteiger partial charge in [0.15, 0.2) is 6.61 Å². The van der Waals surface area contributed by atoms with Gasteiger partial charge in [0.1, 0.15) is 5.75 Å². The third-order valence-corrected chi connectivity index (χ3v) is 3.79. The predicted molar refractivity (Wildman–Crippen MR) is 94.3 cm³/mol. The summed E-state index contributed by atoms with van der Waals surface area (Å²) in [5.41, 5.74) is 1.68. The lowest BCUT2D eigenvalue weighted by atomic mass is 10.1. The van der Waals surface area contributed by atoms with Crippen molar-refractivity contribution in [1.29, 1.82) is 0 Å². The van der Waals surface area contributed by atoms with Crippen LogP contribution < -0.4 is 10.1 Å². The minimum absolute atomic E-state index is 0.0499. The highest BCUT2D eigenvalue weighted by Crippen LogP contribution is 2.24. The van der Waals surface area contributed by atoms with Crippen LogP contribution in [0.2, 0.25) is 5.02 Å². The average molecular weight is 326 g/mol. The molecule has 0 heterocycles. The summed E-state index contributed by atoms with van der Waals surface area (Å²) in [4.78, 5) is 12.1. The maximum absolute atomic E-state index is 12.1. The second kappa shape index (κ2) is 6.71. The van der Waals surface area contributed by atoms with Gasteiger partial charge in [-0.15, -0.1) is 0 Å². The van der Waals surface area contributed by atoms with Gasteiger partial charge in [-0.05, 0) is 42.1 Å². The summed E-state index contributed by atoms with van der Waals surface area (Å²) in [6, 6.07) is 19.0. The molecule has 0 atom stereocenters. The van der Waals surface area contributed by atoms with Crippen molar-refractivity contribution in [2.75, 3.05) is 11.9 Å². The van der Waals surface area contributed by atoms with Crippen LogP contribution in [0.4, 0.5) is 5.69 Å². The molecule has 116 valence electrons. The Morgan fingerprint density at radius 3 is 2.70 bits per heavy atom. The Bertz CT molecular complexity index is 856. The summed E-state index contributed by atoms with van der Waals surface area (Å²) in [5, 5.41) is 5.63. The number of ether oxygens (including phenoxy) is 1. The van der Waals surface area contributed by atoms with Crippen molar-refractivity contribution in [3.05, 3.63) is 71.2 Å². The van der Waals surface area contributed by atoms with Crippen LogP contribution >= 0.6 is 11.6 Å². The maximum Gasteiger partial charge on any atom is 0.262 e. The Morgan fingerprint density at radius 1 is 1.09 bits per heavy atom. The molecule has 0 saturated carbocycles. The third-order valence-electron chi connectivity index (χ3n) is 3.56. The molecular formula is C19H16ClNO2. The first-order valence-electron chi connectivity index (χ1n) is 7.30. The SMILES string of the molecule is Cc1cc(Cl)ccc1OCC(=O)Nc1cccc2ccccc12. The van der Waals surface area contributed by atoms with Crippen molar-refractivity contribution in [1.82, 2.24) is 0 Å². The Labute approximate surface area is 139 Å². The molecule has 0 unspecified atom stereocenters. The molecule has 3 nitrogen and oxygen atoms in total. The Kier molecular flexibility index (Phi) is 4.49. The molecule has 0 aromatic heterocycles. The van der Waals surface area contributed by atoms with Gasteiger partial charge in [-0.3, -0.25) is 4.79 Å². The van der Waals surface area contributed by atoms with E-state index < -0.39 is 0 Å². The second-order valence-corrected chi connectivity index (χ2v) is 5.71. The van der Waals surface area contributed by atoms with Gasteiger partial charge in [0.2, 0.25) is 0 Å². The van der Waals surface area contributed by atoms with E-state index in [0.29, 0.717) is 10.8 Å². The smallest absolute Gasteiger partial charge is 0.262 e. The van der Waals surface area contributed by atoms with Gasteiger partial charge in [-0.25, -0.2) is 0 Å². The van der Waals surface area contributed by atoms with Crippen molar-refractivity contribution in [2.24, 2.45) is 0 Å². The van der Waals surface area contributed by atoms with E-state index in [1.807, 2.05) is 49.4 Å². The number of rotatable bonds is 4. The highest BCUT2D eigenvalue weighted by atomic mass is 35.5. The van der Waals surface area contributed by atoms with Crippen LogP contribution in [0.1, 0.15) is 5.56 Å². The van der Waals surface area contributed by atoms with Gasteiger partial charge in [-0.1, -0.05) is 48.0 Å². The summed E-state index contributed by atoms with van der Waals surface area (Å²) in [6.45, 7) is 1.84. The number of carbonyl (C=O) groups is 1. The zero-order chi connectivity index (χ0) is 16.2. The molecule has 0 aliphatic heterocycles. The predicted octanol–water partition coefficient (Wildman–Crippen LogP) is 4.82. The number of anilines is 1. The summed E-state index contributed by atoms with van der Waals surface area (Å²) >= 11 is 5.91. The first-order chi connectivity index (χ1) is 11.1. The number of hydrogen-bond acceptors (Lipinski definition) is 2. The number of fused-ring (bicyclic) bond motifs is 1. The molecule has 1 amide bonds. The number of carbonyl (C=O) groups excluding carboxylic acids is 1. The molecule has 0 aliphatic rings. The molecule has 4 heteroatoms. The van der Waals surface area contributed by atoms with Crippen molar-refractivity contribution in [3.63, 3.8) is 0 Å². The fraction of sp³-hybridized carbons (Fsp3) is 0.105. The molecule has 3 aromatic rings. The van der Waals surface area contributed by atoms with E-state index in [1.54, 1.807) is 18.2 Å². The van der Waals surface area contributed by atoms with E-state index in [-0.39, 0.29) is 12.5 Å². The fourth-order valence-electron chi connectivity index (χ4n) is 2.44. The van der Waals surface area contributed by atoms with Crippen molar-refractivity contribution < 1.29 is 9.53 Å². The van der Waals surface area contributed by atoms with Gasteiger partial charge >= 0.3 is 0 Å². The third kappa shape index (κ3) is 3.63. The van der Waals surface area contributed by atoms with Crippen molar-refractivity contribution >= 4 is 34.0 Å². The van der Waals surface area contributed by atoms with Crippen LogP contribution in [0, 0.1) is 6.92 Å². The van der Waals surface area contributed by atoms with Crippen LogP contribution in [0.15, 0.2) is 60.7 Å². The van der Waals surface area contributed by atoms with E-state index in [2.05, 4.69) is 5.32 Å². The fourth-order valence-corrected chi connectivity index (χ4v) is 2.67. The van der Waals surface area contributed by atoms with Crippen LogP contribution in [0.25, 0.3) is 10.8 Å². The Morgan fingerprint density at radius 2 is 1.87 bits per heavy atom. The zero-order valence-corrected chi connectivity index (χ0v) is 13.4. The van der Waals surface area contributed by atoms with Crippen LogP contribution in [0.5, 0.6) is 5.75 Å². The van der Waals surface area contributed by atoms with Gasteiger partial charge < -0.3 is 10.1 Å². The number of nitrogens with one attached hydrogen (secondary N) is 1.